The number of hydrogen-bond donors (Lipinski definition) is 3. The van der Waals surface area contributed by atoms with Crippen LogP contribution in [-0.2, 0) is 4.79 Å². The average Bonchev–Trinajstić information content (AvgIpc) is 2.90. The van der Waals surface area contributed by atoms with Crippen LogP contribution in [0.25, 0.3) is 0 Å². The number of thioether (sulfide) groups is 1. The van der Waals surface area contributed by atoms with Crippen LogP contribution >= 0.6 is 11.8 Å². The van der Waals surface area contributed by atoms with Gasteiger partial charge in [0.25, 0.3) is 0 Å². The summed E-state index contributed by atoms with van der Waals surface area (Å²) < 4.78 is 0. The Labute approximate surface area is 126 Å². The van der Waals surface area contributed by atoms with E-state index in [0.717, 1.165) is 11.2 Å². The van der Waals surface area contributed by atoms with Gasteiger partial charge in [-0.15, -0.1) is 0 Å². The minimum atomic E-state index is -0.455. The molecule has 0 aliphatic heterocycles. The number of aliphatic imine (C=N–C) groups is 1. The van der Waals surface area contributed by atoms with Crippen LogP contribution < -0.4 is 16.0 Å². The van der Waals surface area contributed by atoms with Crippen molar-refractivity contribution in [2.75, 3.05) is 26.9 Å². The van der Waals surface area contributed by atoms with E-state index in [2.05, 4.69) is 27.2 Å². The predicted octanol–water partition coefficient (Wildman–Crippen LogP) is 1.21. The van der Waals surface area contributed by atoms with Gasteiger partial charge < -0.3 is 16.0 Å². The lowest BCUT2D eigenvalue weighted by atomic mass is 9.92. The van der Waals surface area contributed by atoms with Crippen LogP contribution in [0.3, 0.4) is 0 Å². The van der Waals surface area contributed by atoms with Crippen molar-refractivity contribution in [3.8, 4) is 0 Å². The highest BCUT2D eigenvalue weighted by Crippen LogP contribution is 2.28. The van der Waals surface area contributed by atoms with Gasteiger partial charge in [0.05, 0.1) is 5.41 Å². The largest absolute Gasteiger partial charge is 0.359 e. The van der Waals surface area contributed by atoms with E-state index in [1.165, 1.54) is 19.3 Å². The van der Waals surface area contributed by atoms with E-state index in [9.17, 15) is 4.79 Å². The molecule has 20 heavy (non-hydrogen) atoms. The molecule has 1 amide bonds. The molecule has 1 rings (SSSR count). The zero-order valence-corrected chi connectivity index (χ0v) is 14.1. The number of nitrogens with one attached hydrogen (secondary N) is 3. The van der Waals surface area contributed by atoms with Crippen LogP contribution in [0.4, 0.5) is 0 Å². The summed E-state index contributed by atoms with van der Waals surface area (Å²) >= 11 is 1.94. The highest BCUT2D eigenvalue weighted by Gasteiger charge is 2.28. The summed E-state index contributed by atoms with van der Waals surface area (Å²) in [5, 5.41) is 10.2. The first kappa shape index (κ1) is 17.1. The molecule has 1 aliphatic carbocycles. The number of guanidine groups is 1. The minimum absolute atomic E-state index is 0.0313. The molecule has 116 valence electrons. The molecule has 0 aromatic heterocycles. The molecule has 0 saturated heterocycles. The van der Waals surface area contributed by atoms with Crippen LogP contribution in [0.2, 0.25) is 0 Å². The zero-order valence-electron chi connectivity index (χ0n) is 13.2. The lowest BCUT2D eigenvalue weighted by Gasteiger charge is -2.25. The van der Waals surface area contributed by atoms with Gasteiger partial charge in [-0.3, -0.25) is 9.79 Å². The third-order valence-electron chi connectivity index (χ3n) is 3.82. The quantitative estimate of drug-likeness (QED) is 0.527. The first-order valence-electron chi connectivity index (χ1n) is 7.15. The SMILES string of the molecule is CN=C(NCC(C)(C)C(=O)NC)NC1CCC(SC)C1. The van der Waals surface area contributed by atoms with Gasteiger partial charge in [0.2, 0.25) is 5.91 Å². The number of rotatable bonds is 5. The van der Waals surface area contributed by atoms with Crippen LogP contribution in [0, 0.1) is 5.41 Å². The van der Waals surface area contributed by atoms with Gasteiger partial charge in [0.15, 0.2) is 5.96 Å². The normalized spacial score (nSPS) is 23.6. The van der Waals surface area contributed by atoms with E-state index in [0.29, 0.717) is 12.6 Å². The highest BCUT2D eigenvalue weighted by atomic mass is 32.2. The lowest BCUT2D eigenvalue weighted by Crippen LogP contribution is -2.49. The Morgan fingerprint density at radius 3 is 2.60 bits per heavy atom. The molecule has 2 unspecified atom stereocenters. The van der Waals surface area contributed by atoms with Gasteiger partial charge in [-0.25, -0.2) is 0 Å². The Hall–Kier alpha value is -0.910. The summed E-state index contributed by atoms with van der Waals surface area (Å²) in [5.74, 6) is 0.817. The summed E-state index contributed by atoms with van der Waals surface area (Å²) in [6.45, 7) is 4.40. The predicted molar refractivity (Wildman–Crippen MR) is 87.3 cm³/mol. The van der Waals surface area contributed by atoms with Crippen molar-refractivity contribution in [2.24, 2.45) is 10.4 Å². The van der Waals surface area contributed by atoms with E-state index in [1.807, 2.05) is 25.6 Å². The third-order valence-corrected chi connectivity index (χ3v) is 4.92. The molecule has 5 nitrogen and oxygen atoms in total. The number of carbonyl (C=O) groups is 1. The van der Waals surface area contributed by atoms with Crippen molar-refractivity contribution in [3.05, 3.63) is 0 Å². The fourth-order valence-electron chi connectivity index (χ4n) is 2.40. The maximum absolute atomic E-state index is 11.7. The molecule has 6 heteroatoms. The molecular weight excluding hydrogens is 272 g/mol. The average molecular weight is 300 g/mol. The second-order valence-electron chi connectivity index (χ2n) is 5.90. The van der Waals surface area contributed by atoms with Gasteiger partial charge in [0.1, 0.15) is 0 Å². The Balaban J connectivity index is 2.43. The standard InChI is InChI=1S/C14H28N4OS/c1-14(2,12(19)15-3)9-17-13(16-4)18-10-6-7-11(8-10)20-5/h10-11H,6-9H2,1-5H3,(H,15,19)(H2,16,17,18). The van der Waals surface area contributed by atoms with Gasteiger partial charge in [-0.2, -0.15) is 11.8 Å². The molecule has 2 atom stereocenters. The number of carbonyl (C=O) groups excluding carboxylic acids is 1. The van der Waals surface area contributed by atoms with Crippen molar-refractivity contribution in [1.82, 2.24) is 16.0 Å². The molecule has 0 aromatic carbocycles. The maximum atomic E-state index is 11.7. The molecule has 3 N–H and O–H groups in total. The summed E-state index contributed by atoms with van der Waals surface area (Å²) in [6.07, 6.45) is 5.80. The van der Waals surface area contributed by atoms with Crippen molar-refractivity contribution in [3.63, 3.8) is 0 Å². The van der Waals surface area contributed by atoms with E-state index < -0.39 is 5.41 Å². The zero-order chi connectivity index (χ0) is 15.2. The summed E-state index contributed by atoms with van der Waals surface area (Å²) in [7, 11) is 3.43. The molecule has 1 fully saturated rings. The summed E-state index contributed by atoms with van der Waals surface area (Å²) in [6, 6.07) is 0.488. The van der Waals surface area contributed by atoms with Crippen LogP contribution in [0.15, 0.2) is 4.99 Å². The summed E-state index contributed by atoms with van der Waals surface area (Å²) in [5.41, 5.74) is -0.455. The van der Waals surface area contributed by atoms with E-state index in [-0.39, 0.29) is 5.91 Å². The van der Waals surface area contributed by atoms with Crippen molar-refractivity contribution >= 4 is 23.6 Å². The Morgan fingerprint density at radius 1 is 1.40 bits per heavy atom. The van der Waals surface area contributed by atoms with E-state index in [1.54, 1.807) is 14.1 Å². The summed E-state index contributed by atoms with van der Waals surface area (Å²) in [4.78, 5) is 16.0. The van der Waals surface area contributed by atoms with Crippen molar-refractivity contribution < 1.29 is 4.79 Å². The first-order chi connectivity index (χ1) is 9.42. The lowest BCUT2D eigenvalue weighted by molar-refractivity contribution is -0.128. The molecule has 0 bridgehead atoms. The van der Waals surface area contributed by atoms with Crippen molar-refractivity contribution in [2.45, 2.75) is 44.4 Å². The molecule has 0 heterocycles. The van der Waals surface area contributed by atoms with E-state index in [4.69, 9.17) is 0 Å². The number of nitrogens with zero attached hydrogens (tertiary/aromatic N) is 1. The molecule has 0 aromatic rings. The van der Waals surface area contributed by atoms with Gasteiger partial charge in [-0.05, 0) is 39.4 Å². The Bertz CT molecular complexity index is 357. The monoisotopic (exact) mass is 300 g/mol. The third kappa shape index (κ3) is 4.89. The highest BCUT2D eigenvalue weighted by molar-refractivity contribution is 7.99. The minimum Gasteiger partial charge on any atom is -0.359 e. The Morgan fingerprint density at radius 2 is 2.10 bits per heavy atom. The maximum Gasteiger partial charge on any atom is 0.227 e. The molecule has 1 aliphatic rings. The molecule has 0 spiro atoms. The molecule has 0 radical (unpaired) electrons. The Kier molecular flexibility index (Phi) is 6.65. The topological polar surface area (TPSA) is 65.5 Å². The number of hydrogen-bond acceptors (Lipinski definition) is 3. The van der Waals surface area contributed by atoms with Crippen LogP contribution in [0.5, 0.6) is 0 Å². The second-order valence-corrected chi connectivity index (χ2v) is 7.04. The van der Waals surface area contributed by atoms with Crippen molar-refractivity contribution in [1.29, 1.82) is 0 Å². The van der Waals surface area contributed by atoms with Crippen LogP contribution in [0.1, 0.15) is 33.1 Å². The van der Waals surface area contributed by atoms with Crippen LogP contribution in [-0.4, -0.2) is 50.1 Å². The molecule has 1 saturated carbocycles. The van der Waals surface area contributed by atoms with Gasteiger partial charge in [-0.1, -0.05) is 0 Å². The smallest absolute Gasteiger partial charge is 0.227 e. The fraction of sp³-hybridized carbons (Fsp3) is 0.857. The molecular formula is C14H28N4OS. The van der Waals surface area contributed by atoms with Gasteiger partial charge in [0, 0.05) is 31.9 Å². The first-order valence-corrected chi connectivity index (χ1v) is 8.44. The van der Waals surface area contributed by atoms with Gasteiger partial charge >= 0.3 is 0 Å². The second kappa shape index (κ2) is 7.76. The van der Waals surface area contributed by atoms with E-state index >= 15 is 0 Å². The fourth-order valence-corrected chi connectivity index (χ4v) is 3.19. The number of amides is 1.